The second kappa shape index (κ2) is 6.65. The van der Waals surface area contributed by atoms with Crippen LogP contribution in [0.1, 0.15) is 16.8 Å². The lowest BCUT2D eigenvalue weighted by atomic mass is 10.1. The van der Waals surface area contributed by atoms with Crippen LogP contribution in [0.3, 0.4) is 0 Å². The highest BCUT2D eigenvalue weighted by atomic mass is 16.5. The molecule has 0 aromatic heterocycles. The van der Waals surface area contributed by atoms with Crippen LogP contribution in [0.15, 0.2) is 30.3 Å². The first-order chi connectivity index (χ1) is 8.13. The number of carbonyl (C=O) groups excluding carboxylic acids is 1. The van der Waals surface area contributed by atoms with E-state index < -0.39 is 12.0 Å². The van der Waals surface area contributed by atoms with Gasteiger partial charge in [0, 0.05) is 12.7 Å². The summed E-state index contributed by atoms with van der Waals surface area (Å²) >= 11 is 0. The SMILES string of the molecule is COCC(CC(=O)O)NC(=O)c1ccccc1. The molecule has 0 radical (unpaired) electrons. The van der Waals surface area contributed by atoms with Gasteiger partial charge in [-0.15, -0.1) is 0 Å². The van der Waals surface area contributed by atoms with Crippen molar-refractivity contribution in [2.75, 3.05) is 13.7 Å². The third-order valence-electron chi connectivity index (χ3n) is 2.16. The molecule has 1 unspecified atom stereocenters. The molecular weight excluding hydrogens is 222 g/mol. The monoisotopic (exact) mass is 237 g/mol. The van der Waals surface area contributed by atoms with Gasteiger partial charge in [-0.2, -0.15) is 0 Å². The van der Waals surface area contributed by atoms with Crippen molar-refractivity contribution in [2.45, 2.75) is 12.5 Å². The first-order valence-electron chi connectivity index (χ1n) is 5.20. The molecule has 0 saturated carbocycles. The largest absolute Gasteiger partial charge is 0.481 e. The van der Waals surface area contributed by atoms with Crippen molar-refractivity contribution < 1.29 is 19.4 Å². The molecule has 0 spiro atoms. The highest BCUT2D eigenvalue weighted by molar-refractivity contribution is 5.94. The van der Waals surface area contributed by atoms with Crippen LogP contribution in [0.2, 0.25) is 0 Å². The fraction of sp³-hybridized carbons (Fsp3) is 0.333. The molecule has 2 N–H and O–H groups in total. The van der Waals surface area contributed by atoms with Gasteiger partial charge in [0.1, 0.15) is 0 Å². The van der Waals surface area contributed by atoms with Gasteiger partial charge in [-0.1, -0.05) is 18.2 Å². The molecule has 0 bridgehead atoms. The van der Waals surface area contributed by atoms with E-state index in [1.807, 2.05) is 0 Å². The average Bonchev–Trinajstić information content (AvgIpc) is 2.29. The molecule has 1 aromatic carbocycles. The number of benzene rings is 1. The predicted molar refractivity (Wildman–Crippen MR) is 61.8 cm³/mol. The Bertz CT molecular complexity index is 377. The van der Waals surface area contributed by atoms with E-state index in [-0.39, 0.29) is 18.9 Å². The number of carboxylic acid groups (broad SMARTS) is 1. The van der Waals surface area contributed by atoms with Crippen molar-refractivity contribution in [2.24, 2.45) is 0 Å². The summed E-state index contributed by atoms with van der Waals surface area (Å²) in [5.74, 6) is -1.27. The molecule has 0 saturated heterocycles. The van der Waals surface area contributed by atoms with E-state index in [9.17, 15) is 9.59 Å². The van der Waals surface area contributed by atoms with Gasteiger partial charge >= 0.3 is 5.97 Å². The molecule has 5 nitrogen and oxygen atoms in total. The van der Waals surface area contributed by atoms with E-state index in [1.54, 1.807) is 30.3 Å². The number of methoxy groups -OCH3 is 1. The number of carbonyl (C=O) groups is 2. The maximum absolute atomic E-state index is 11.8. The second-order valence-corrected chi connectivity index (χ2v) is 3.59. The number of aliphatic carboxylic acids is 1. The van der Waals surface area contributed by atoms with Crippen LogP contribution in [-0.4, -0.2) is 36.7 Å². The third kappa shape index (κ3) is 4.65. The number of ether oxygens (including phenoxy) is 1. The minimum Gasteiger partial charge on any atom is -0.481 e. The van der Waals surface area contributed by atoms with Crippen LogP contribution in [-0.2, 0) is 9.53 Å². The summed E-state index contributed by atoms with van der Waals surface area (Å²) in [5.41, 5.74) is 0.499. The zero-order chi connectivity index (χ0) is 12.7. The van der Waals surface area contributed by atoms with Crippen molar-refractivity contribution in [3.8, 4) is 0 Å². The summed E-state index contributed by atoms with van der Waals surface area (Å²) in [6.07, 6.45) is -0.160. The summed E-state index contributed by atoms with van der Waals surface area (Å²) in [5, 5.41) is 11.3. The van der Waals surface area contributed by atoms with E-state index >= 15 is 0 Å². The van der Waals surface area contributed by atoms with Crippen molar-refractivity contribution in [3.63, 3.8) is 0 Å². The molecule has 92 valence electrons. The van der Waals surface area contributed by atoms with Gasteiger partial charge in [-0.25, -0.2) is 0 Å². The molecule has 17 heavy (non-hydrogen) atoms. The van der Waals surface area contributed by atoms with Crippen molar-refractivity contribution in [1.82, 2.24) is 5.32 Å². The highest BCUT2D eigenvalue weighted by Crippen LogP contribution is 2.01. The van der Waals surface area contributed by atoms with E-state index in [0.29, 0.717) is 5.56 Å². The number of amides is 1. The lowest BCUT2D eigenvalue weighted by Gasteiger charge is -2.15. The standard InChI is InChI=1S/C12H15NO4/c1-17-8-10(7-11(14)15)13-12(16)9-5-3-2-4-6-9/h2-6,10H,7-8H2,1H3,(H,13,16)(H,14,15). The Hall–Kier alpha value is -1.88. The van der Waals surface area contributed by atoms with Gasteiger partial charge in [0.2, 0.25) is 0 Å². The highest BCUT2D eigenvalue weighted by Gasteiger charge is 2.16. The molecule has 1 amide bonds. The third-order valence-corrected chi connectivity index (χ3v) is 2.16. The minimum absolute atomic E-state index is 0.160. The number of nitrogens with one attached hydrogen (secondary N) is 1. The molecular formula is C12H15NO4. The normalized spacial score (nSPS) is 11.8. The molecule has 1 aromatic rings. The summed E-state index contributed by atoms with van der Waals surface area (Å²) in [6.45, 7) is 0.172. The van der Waals surface area contributed by atoms with Crippen LogP contribution in [0.25, 0.3) is 0 Å². The number of hydrogen-bond acceptors (Lipinski definition) is 3. The van der Waals surface area contributed by atoms with Gasteiger partial charge in [0.15, 0.2) is 0 Å². The summed E-state index contributed by atoms with van der Waals surface area (Å²) in [6, 6.07) is 8.11. The van der Waals surface area contributed by atoms with E-state index in [1.165, 1.54) is 7.11 Å². The number of carboxylic acids is 1. The quantitative estimate of drug-likeness (QED) is 0.771. The average molecular weight is 237 g/mol. The number of hydrogen-bond donors (Lipinski definition) is 2. The van der Waals surface area contributed by atoms with Gasteiger partial charge in [0.25, 0.3) is 5.91 Å². The van der Waals surface area contributed by atoms with Crippen LogP contribution >= 0.6 is 0 Å². The Morgan fingerprint density at radius 3 is 2.53 bits per heavy atom. The predicted octanol–water partition coefficient (Wildman–Crippen LogP) is 0.906. The molecule has 0 heterocycles. The Labute approximate surface area is 99.4 Å². The summed E-state index contributed by atoms with van der Waals surface area (Å²) in [7, 11) is 1.46. The molecule has 0 aliphatic heterocycles. The smallest absolute Gasteiger partial charge is 0.305 e. The fourth-order valence-corrected chi connectivity index (χ4v) is 1.42. The fourth-order valence-electron chi connectivity index (χ4n) is 1.42. The van der Waals surface area contributed by atoms with Crippen molar-refractivity contribution >= 4 is 11.9 Å². The Kier molecular flexibility index (Phi) is 5.16. The van der Waals surface area contributed by atoms with Gasteiger partial charge in [-0.05, 0) is 12.1 Å². The summed E-state index contributed by atoms with van der Waals surface area (Å²) in [4.78, 5) is 22.3. The topological polar surface area (TPSA) is 75.6 Å². The molecule has 5 heteroatoms. The van der Waals surface area contributed by atoms with Crippen molar-refractivity contribution in [3.05, 3.63) is 35.9 Å². The first kappa shape index (κ1) is 13.2. The summed E-state index contributed by atoms with van der Waals surface area (Å²) < 4.78 is 4.86. The first-order valence-corrected chi connectivity index (χ1v) is 5.20. The van der Waals surface area contributed by atoms with Crippen molar-refractivity contribution in [1.29, 1.82) is 0 Å². The van der Waals surface area contributed by atoms with Gasteiger partial charge in [0.05, 0.1) is 19.1 Å². The zero-order valence-electron chi connectivity index (χ0n) is 9.55. The molecule has 0 fully saturated rings. The lowest BCUT2D eigenvalue weighted by Crippen LogP contribution is -2.39. The zero-order valence-corrected chi connectivity index (χ0v) is 9.55. The van der Waals surface area contributed by atoms with E-state index in [0.717, 1.165) is 0 Å². The lowest BCUT2D eigenvalue weighted by molar-refractivity contribution is -0.137. The van der Waals surface area contributed by atoms with Crippen LogP contribution in [0.4, 0.5) is 0 Å². The van der Waals surface area contributed by atoms with Crippen LogP contribution < -0.4 is 5.32 Å². The Balaban J connectivity index is 2.60. The Morgan fingerprint density at radius 1 is 1.35 bits per heavy atom. The van der Waals surface area contributed by atoms with Gasteiger partial charge < -0.3 is 15.2 Å². The minimum atomic E-state index is -0.972. The van der Waals surface area contributed by atoms with E-state index in [2.05, 4.69) is 5.32 Å². The number of rotatable bonds is 6. The molecule has 0 aliphatic rings. The Morgan fingerprint density at radius 2 is 2.00 bits per heavy atom. The van der Waals surface area contributed by atoms with Crippen LogP contribution in [0, 0.1) is 0 Å². The van der Waals surface area contributed by atoms with Crippen LogP contribution in [0.5, 0.6) is 0 Å². The maximum Gasteiger partial charge on any atom is 0.305 e. The second-order valence-electron chi connectivity index (χ2n) is 3.59. The van der Waals surface area contributed by atoms with E-state index in [4.69, 9.17) is 9.84 Å². The molecule has 1 atom stereocenters. The van der Waals surface area contributed by atoms with Gasteiger partial charge in [-0.3, -0.25) is 9.59 Å². The maximum atomic E-state index is 11.8. The molecule has 1 rings (SSSR count). The molecule has 0 aliphatic carbocycles.